The molecule has 0 aliphatic rings. The molecule has 1 unspecified atom stereocenters. The van der Waals surface area contributed by atoms with E-state index in [1.54, 1.807) is 4.57 Å². The molecule has 2 aromatic rings. The van der Waals surface area contributed by atoms with Crippen molar-refractivity contribution >= 4 is 11.8 Å². The van der Waals surface area contributed by atoms with Crippen molar-refractivity contribution in [1.29, 1.82) is 0 Å². The fourth-order valence-corrected chi connectivity index (χ4v) is 2.90. The number of hydrogen-bond acceptors (Lipinski definition) is 4. The molecule has 1 aromatic heterocycles. The van der Waals surface area contributed by atoms with E-state index in [0.717, 1.165) is 16.7 Å². The lowest BCUT2D eigenvalue weighted by Gasteiger charge is -2.13. The average Bonchev–Trinajstić information content (AvgIpc) is 2.95. The first kappa shape index (κ1) is 19.8. The molecule has 0 bridgehead atoms. The molecule has 1 atom stereocenters. The van der Waals surface area contributed by atoms with Crippen molar-refractivity contribution in [2.45, 2.75) is 46.6 Å². The van der Waals surface area contributed by atoms with Gasteiger partial charge in [0.05, 0.1) is 5.92 Å². The summed E-state index contributed by atoms with van der Waals surface area (Å²) >= 11 is 0. The van der Waals surface area contributed by atoms with Crippen molar-refractivity contribution in [1.82, 2.24) is 9.55 Å². The topological polar surface area (TPSA) is 64.2 Å². The van der Waals surface area contributed by atoms with E-state index in [-0.39, 0.29) is 18.5 Å². The van der Waals surface area contributed by atoms with Gasteiger partial charge in [-0.3, -0.25) is 4.79 Å². The van der Waals surface area contributed by atoms with E-state index < -0.39 is 0 Å². The largest absolute Gasteiger partial charge is 0.461 e. The molecule has 0 radical (unpaired) electrons. The molecule has 0 saturated heterocycles. The van der Waals surface area contributed by atoms with Gasteiger partial charge in [0.2, 0.25) is 0 Å². The zero-order valence-electron chi connectivity index (χ0n) is 16.2. The fraction of sp³-hybridized carbons (Fsp3) is 0.500. The van der Waals surface area contributed by atoms with Crippen LogP contribution in [0.4, 0.5) is 5.82 Å². The average molecular weight is 358 g/mol. The van der Waals surface area contributed by atoms with Crippen LogP contribution in [-0.4, -0.2) is 33.9 Å². The van der Waals surface area contributed by atoms with Crippen molar-refractivity contribution in [2.24, 2.45) is 5.92 Å². The Bertz CT molecular complexity index is 763. The Balaban J connectivity index is 1.91. The molecule has 0 spiro atoms. The van der Waals surface area contributed by atoms with E-state index in [1.807, 2.05) is 26.0 Å². The summed E-state index contributed by atoms with van der Waals surface area (Å²) < 4.78 is 7.90. The van der Waals surface area contributed by atoms with Gasteiger partial charge in [0, 0.05) is 6.92 Å². The summed E-state index contributed by atoms with van der Waals surface area (Å²) in [6.07, 6.45) is 2.55. The Morgan fingerprint density at radius 2 is 1.88 bits per heavy atom. The summed E-state index contributed by atoms with van der Waals surface area (Å²) in [5.41, 5.74) is 2.22. The third-order valence-corrected chi connectivity index (χ3v) is 4.39. The van der Waals surface area contributed by atoms with Gasteiger partial charge in [-0.25, -0.2) is 9.55 Å². The summed E-state index contributed by atoms with van der Waals surface area (Å²) in [6, 6.07) is 8.14. The first-order valence-electron chi connectivity index (χ1n) is 8.98. The molecule has 0 saturated carbocycles. The first-order chi connectivity index (χ1) is 12.3. The molecule has 0 N–H and O–H groups in total. The second kappa shape index (κ2) is 8.74. The van der Waals surface area contributed by atoms with Crippen molar-refractivity contribution in [2.75, 3.05) is 13.7 Å². The number of nitrogens with zero attached hydrogens (tertiary/aromatic N) is 3. The Labute approximate surface area is 154 Å². The number of aromatic nitrogens is 2. The minimum Gasteiger partial charge on any atom is -0.461 e. The molecule has 1 heterocycles. The van der Waals surface area contributed by atoms with Gasteiger partial charge >= 0.3 is 11.8 Å². The number of carbonyl (C=O) groups excluding carboxylic acids is 1. The Morgan fingerprint density at radius 3 is 2.46 bits per heavy atom. The Kier molecular flexibility index (Phi) is 6.66. The van der Waals surface area contributed by atoms with Gasteiger partial charge in [0.15, 0.2) is 5.82 Å². The number of nitroso groups, excluding NO2 is 1. The van der Waals surface area contributed by atoms with Crippen LogP contribution in [0.2, 0.25) is 0 Å². The highest BCUT2D eigenvalue weighted by Gasteiger charge is 2.20. The predicted molar refractivity (Wildman–Crippen MR) is 101 cm³/mol. The molecule has 140 valence electrons. The fourth-order valence-electron chi connectivity index (χ4n) is 2.90. The van der Waals surface area contributed by atoms with Crippen LogP contribution in [0.3, 0.4) is 0 Å². The zero-order valence-corrected chi connectivity index (χ0v) is 16.2. The van der Waals surface area contributed by atoms with E-state index in [4.69, 9.17) is 4.74 Å². The number of imidazole rings is 1. The van der Waals surface area contributed by atoms with Gasteiger partial charge in [0.1, 0.15) is 26.4 Å². The van der Waals surface area contributed by atoms with Gasteiger partial charge < -0.3 is 4.74 Å². The van der Waals surface area contributed by atoms with Crippen LogP contribution < -0.4 is 0 Å². The van der Waals surface area contributed by atoms with E-state index in [9.17, 15) is 9.70 Å². The molecule has 0 aliphatic heterocycles. The van der Waals surface area contributed by atoms with Crippen LogP contribution in [-0.2, 0) is 22.5 Å². The number of benzene rings is 1. The zero-order chi connectivity index (χ0) is 19.3. The van der Waals surface area contributed by atoms with E-state index in [1.165, 1.54) is 18.8 Å². The molecule has 0 fully saturated rings. The standard InChI is InChI=1S/C20H28N3O3/c1-14(2)12-17-6-8-18(9-7-17)15(3)20(24)26-11-10-23-16(4)21-13-19(23)22(5)25/h6-9,13-15H,10-12H2,1-5H3/q+1. The second-order valence-corrected chi connectivity index (χ2v) is 7.04. The van der Waals surface area contributed by atoms with Crippen LogP contribution in [0.1, 0.15) is 43.6 Å². The van der Waals surface area contributed by atoms with Gasteiger partial charge in [0.25, 0.3) is 0 Å². The molecular weight excluding hydrogens is 330 g/mol. The third-order valence-electron chi connectivity index (χ3n) is 4.39. The smallest absolute Gasteiger partial charge is 0.340 e. The van der Waals surface area contributed by atoms with E-state index >= 15 is 0 Å². The second-order valence-electron chi connectivity index (χ2n) is 7.04. The minimum atomic E-state index is -0.325. The van der Waals surface area contributed by atoms with Gasteiger partial charge in [-0.05, 0) is 35.1 Å². The van der Waals surface area contributed by atoms with E-state index in [0.29, 0.717) is 24.1 Å². The molecular formula is C20H28N3O3+. The van der Waals surface area contributed by atoms with Crippen LogP contribution in [0.5, 0.6) is 0 Å². The van der Waals surface area contributed by atoms with Crippen molar-refractivity contribution in [3.05, 3.63) is 52.3 Å². The maximum Gasteiger partial charge on any atom is 0.340 e. The van der Waals surface area contributed by atoms with Gasteiger partial charge in [-0.15, -0.1) is 0 Å². The maximum atomic E-state index is 12.3. The van der Waals surface area contributed by atoms with Crippen LogP contribution in [0, 0.1) is 17.7 Å². The molecule has 6 nitrogen and oxygen atoms in total. The summed E-state index contributed by atoms with van der Waals surface area (Å²) in [4.78, 5) is 28.0. The highest BCUT2D eigenvalue weighted by molar-refractivity contribution is 5.77. The first-order valence-corrected chi connectivity index (χ1v) is 8.98. The monoisotopic (exact) mass is 358 g/mol. The third kappa shape index (κ3) is 5.00. The van der Waals surface area contributed by atoms with Crippen LogP contribution in [0.15, 0.2) is 30.5 Å². The van der Waals surface area contributed by atoms with Crippen LogP contribution >= 0.6 is 0 Å². The summed E-state index contributed by atoms with van der Waals surface area (Å²) in [6.45, 7) is 8.64. The molecule has 1 aromatic carbocycles. The maximum absolute atomic E-state index is 12.3. The summed E-state index contributed by atoms with van der Waals surface area (Å²) in [7, 11) is 1.42. The highest BCUT2D eigenvalue weighted by atomic mass is 16.5. The highest BCUT2D eigenvalue weighted by Crippen LogP contribution is 2.19. The quantitative estimate of drug-likeness (QED) is 0.532. The number of aryl methyl sites for hydroxylation is 1. The van der Waals surface area contributed by atoms with Gasteiger partial charge in [-0.2, -0.15) is 0 Å². The number of carbonyl (C=O) groups is 1. The lowest BCUT2D eigenvalue weighted by Crippen LogP contribution is -2.17. The molecule has 2 rings (SSSR count). The van der Waals surface area contributed by atoms with Crippen LogP contribution in [0.25, 0.3) is 0 Å². The lowest BCUT2D eigenvalue weighted by molar-refractivity contribution is -0.435. The Morgan fingerprint density at radius 1 is 1.23 bits per heavy atom. The van der Waals surface area contributed by atoms with Crippen molar-refractivity contribution in [3.63, 3.8) is 0 Å². The molecule has 26 heavy (non-hydrogen) atoms. The predicted octanol–water partition coefficient (Wildman–Crippen LogP) is 3.78. The molecule has 0 aliphatic carbocycles. The number of esters is 1. The normalized spacial score (nSPS) is 12.2. The van der Waals surface area contributed by atoms with Gasteiger partial charge in [-0.1, -0.05) is 43.0 Å². The Hall–Kier alpha value is -2.50. The number of hydrogen-bond donors (Lipinski definition) is 0. The van der Waals surface area contributed by atoms with Crippen molar-refractivity contribution in [3.8, 4) is 0 Å². The minimum absolute atomic E-state index is 0.201. The molecule has 0 amide bonds. The summed E-state index contributed by atoms with van der Waals surface area (Å²) in [5, 5.41) is 0. The number of ether oxygens (including phenoxy) is 1. The summed E-state index contributed by atoms with van der Waals surface area (Å²) in [5.74, 6) is 1.18. The van der Waals surface area contributed by atoms with E-state index in [2.05, 4.69) is 31.0 Å². The number of rotatable bonds is 8. The SMILES string of the molecule is Cc1ncc([N+](C)=O)n1CCOC(=O)C(C)c1ccc(CC(C)C)cc1. The lowest BCUT2D eigenvalue weighted by atomic mass is 9.97. The molecule has 6 heteroatoms. The van der Waals surface area contributed by atoms with Crippen molar-refractivity contribution < 1.29 is 14.3 Å².